The Hall–Kier alpha value is 0.590. The molecule has 1 nitrogen and oxygen atoms in total. The Morgan fingerprint density at radius 3 is 2.62 bits per heavy atom. The average molecular weight is 298 g/mol. The summed E-state index contributed by atoms with van der Waals surface area (Å²) in [5.41, 5.74) is 1.10. The summed E-state index contributed by atoms with van der Waals surface area (Å²) in [7, 11) is 0. The van der Waals surface area contributed by atoms with Crippen molar-refractivity contribution < 1.29 is 0 Å². The molecule has 92 valence electrons. The maximum absolute atomic E-state index is 6.12. The third-order valence-electron chi connectivity index (χ3n) is 2.44. The van der Waals surface area contributed by atoms with Crippen molar-refractivity contribution in [3.05, 3.63) is 20.3 Å². The second kappa shape index (κ2) is 7.12. The van der Waals surface area contributed by atoms with Crippen molar-refractivity contribution in [2.45, 2.75) is 32.4 Å². The highest BCUT2D eigenvalue weighted by atomic mass is 35.5. The summed E-state index contributed by atoms with van der Waals surface area (Å²) in [5, 5.41) is 3.54. The Kier molecular flexibility index (Phi) is 6.52. The van der Waals surface area contributed by atoms with Crippen LogP contribution < -0.4 is 5.32 Å². The smallest absolute Gasteiger partial charge is 0.0991 e. The fraction of sp³-hybridized carbons (Fsp3) is 0.636. The Morgan fingerprint density at radius 1 is 1.44 bits per heavy atom. The number of nitrogens with one attached hydrogen (secondary N) is 1. The first-order valence-electron chi connectivity index (χ1n) is 5.24. The molecule has 1 aromatic rings. The lowest BCUT2D eigenvalue weighted by atomic mass is 10.1. The van der Waals surface area contributed by atoms with Gasteiger partial charge in [0.25, 0.3) is 0 Å². The van der Waals surface area contributed by atoms with Gasteiger partial charge >= 0.3 is 0 Å². The van der Waals surface area contributed by atoms with Crippen molar-refractivity contribution in [1.82, 2.24) is 5.32 Å². The summed E-state index contributed by atoms with van der Waals surface area (Å²) in [6.07, 6.45) is 3.30. The largest absolute Gasteiger partial charge is 0.308 e. The molecule has 0 saturated heterocycles. The lowest BCUT2D eigenvalue weighted by Gasteiger charge is -2.19. The normalized spacial score (nSPS) is 15.1. The van der Waals surface area contributed by atoms with Gasteiger partial charge < -0.3 is 5.32 Å². The standard InChI is InChI=1S/C11H17Cl2NS2/c1-7(4-5-15-3)14-8(2)9-6-10(12)16-11(9)13/h6-8,14H,4-5H2,1-3H3. The van der Waals surface area contributed by atoms with Crippen LogP contribution in [0.5, 0.6) is 0 Å². The number of rotatable bonds is 6. The molecule has 0 radical (unpaired) electrons. The van der Waals surface area contributed by atoms with Gasteiger partial charge in [0.2, 0.25) is 0 Å². The van der Waals surface area contributed by atoms with Crippen LogP contribution in [-0.2, 0) is 0 Å². The van der Waals surface area contributed by atoms with Crippen LogP contribution in [-0.4, -0.2) is 18.1 Å². The van der Waals surface area contributed by atoms with Gasteiger partial charge in [-0.15, -0.1) is 11.3 Å². The molecule has 0 fully saturated rings. The van der Waals surface area contributed by atoms with E-state index in [-0.39, 0.29) is 6.04 Å². The minimum atomic E-state index is 0.258. The highest BCUT2D eigenvalue weighted by Gasteiger charge is 2.14. The highest BCUT2D eigenvalue weighted by Crippen LogP contribution is 2.34. The second-order valence-corrected chi connectivity index (χ2v) is 7.12. The molecule has 0 amide bonds. The maximum atomic E-state index is 6.12. The van der Waals surface area contributed by atoms with Gasteiger partial charge in [-0.2, -0.15) is 11.8 Å². The summed E-state index contributed by atoms with van der Waals surface area (Å²) in [6, 6.07) is 2.71. The highest BCUT2D eigenvalue weighted by molar-refractivity contribution is 7.98. The SMILES string of the molecule is CSCCC(C)NC(C)c1cc(Cl)sc1Cl. The molecule has 0 spiro atoms. The molecule has 2 unspecified atom stereocenters. The van der Waals surface area contributed by atoms with Crippen molar-refractivity contribution in [2.24, 2.45) is 0 Å². The van der Waals surface area contributed by atoms with Crippen LogP contribution in [0.3, 0.4) is 0 Å². The van der Waals surface area contributed by atoms with Gasteiger partial charge in [0.15, 0.2) is 0 Å². The molecule has 1 N–H and O–H groups in total. The van der Waals surface area contributed by atoms with Crippen LogP contribution in [0.4, 0.5) is 0 Å². The van der Waals surface area contributed by atoms with Gasteiger partial charge in [0.1, 0.15) is 0 Å². The van der Waals surface area contributed by atoms with Crippen molar-refractivity contribution in [1.29, 1.82) is 0 Å². The quantitative estimate of drug-likeness (QED) is 0.806. The molecule has 0 aliphatic carbocycles. The molecule has 5 heteroatoms. The fourth-order valence-electron chi connectivity index (χ4n) is 1.54. The molecule has 1 rings (SSSR count). The Bertz CT molecular complexity index is 328. The minimum absolute atomic E-state index is 0.258. The van der Waals surface area contributed by atoms with E-state index in [1.165, 1.54) is 23.5 Å². The molecule has 0 saturated carbocycles. The predicted molar refractivity (Wildman–Crippen MR) is 78.4 cm³/mol. The van der Waals surface area contributed by atoms with Gasteiger partial charge in [0.05, 0.1) is 8.67 Å². The molecular weight excluding hydrogens is 281 g/mol. The first-order chi connectivity index (χ1) is 7.54. The van der Waals surface area contributed by atoms with Gasteiger partial charge in [-0.25, -0.2) is 0 Å². The summed E-state index contributed by atoms with van der Waals surface area (Å²) in [5.74, 6) is 1.18. The first kappa shape index (κ1) is 14.7. The zero-order chi connectivity index (χ0) is 12.1. The zero-order valence-corrected chi connectivity index (χ0v) is 12.9. The first-order valence-corrected chi connectivity index (χ1v) is 8.21. The molecular formula is C11H17Cl2NS2. The molecule has 1 heterocycles. The van der Waals surface area contributed by atoms with Crippen molar-refractivity contribution >= 4 is 46.3 Å². The Labute approximate surface area is 116 Å². The van der Waals surface area contributed by atoms with Crippen LogP contribution in [0, 0.1) is 0 Å². The van der Waals surface area contributed by atoms with Crippen LogP contribution >= 0.6 is 46.3 Å². The third-order valence-corrected chi connectivity index (χ3v) is 4.60. The number of halogens is 2. The number of hydrogen-bond donors (Lipinski definition) is 1. The lowest BCUT2D eigenvalue weighted by molar-refractivity contribution is 0.472. The molecule has 0 aliphatic heterocycles. The maximum Gasteiger partial charge on any atom is 0.0991 e. The Balaban J connectivity index is 2.51. The lowest BCUT2D eigenvalue weighted by Crippen LogP contribution is -2.29. The summed E-state index contributed by atoms with van der Waals surface area (Å²) in [6.45, 7) is 4.33. The predicted octanol–water partition coefficient (Wildman–Crippen LogP) is 4.85. The fourth-order valence-corrected chi connectivity index (χ4v) is 3.78. The van der Waals surface area contributed by atoms with Crippen LogP contribution in [0.1, 0.15) is 31.9 Å². The summed E-state index contributed by atoms with van der Waals surface area (Å²) >= 11 is 15.4. The van der Waals surface area contributed by atoms with E-state index >= 15 is 0 Å². The molecule has 2 atom stereocenters. The summed E-state index contributed by atoms with van der Waals surface area (Å²) < 4.78 is 1.55. The van der Waals surface area contributed by atoms with E-state index in [4.69, 9.17) is 23.2 Å². The van der Waals surface area contributed by atoms with Crippen LogP contribution in [0.2, 0.25) is 8.67 Å². The topological polar surface area (TPSA) is 12.0 Å². The average Bonchev–Trinajstić information content (AvgIpc) is 2.54. The van der Waals surface area contributed by atoms with E-state index in [2.05, 4.69) is 25.4 Å². The third kappa shape index (κ3) is 4.46. The number of hydrogen-bond acceptors (Lipinski definition) is 3. The molecule has 16 heavy (non-hydrogen) atoms. The Morgan fingerprint density at radius 2 is 2.12 bits per heavy atom. The molecule has 0 bridgehead atoms. The van der Waals surface area contributed by atoms with Crippen molar-refractivity contribution in [3.8, 4) is 0 Å². The molecule has 0 aliphatic rings. The van der Waals surface area contributed by atoms with E-state index in [1.807, 2.05) is 17.8 Å². The van der Waals surface area contributed by atoms with E-state index in [1.54, 1.807) is 0 Å². The number of thioether (sulfide) groups is 1. The van der Waals surface area contributed by atoms with Gasteiger partial charge in [-0.1, -0.05) is 23.2 Å². The van der Waals surface area contributed by atoms with Gasteiger partial charge in [-0.05, 0) is 43.9 Å². The van der Waals surface area contributed by atoms with E-state index in [9.17, 15) is 0 Å². The second-order valence-electron chi connectivity index (χ2n) is 3.85. The zero-order valence-electron chi connectivity index (χ0n) is 9.72. The van der Waals surface area contributed by atoms with E-state index in [0.717, 1.165) is 14.2 Å². The van der Waals surface area contributed by atoms with Gasteiger partial charge in [-0.3, -0.25) is 0 Å². The van der Waals surface area contributed by atoms with Crippen LogP contribution in [0.15, 0.2) is 6.07 Å². The van der Waals surface area contributed by atoms with E-state index < -0.39 is 0 Å². The van der Waals surface area contributed by atoms with Crippen molar-refractivity contribution in [2.75, 3.05) is 12.0 Å². The van der Waals surface area contributed by atoms with E-state index in [0.29, 0.717) is 6.04 Å². The minimum Gasteiger partial charge on any atom is -0.308 e. The van der Waals surface area contributed by atoms with Crippen molar-refractivity contribution in [3.63, 3.8) is 0 Å². The number of thiophene rings is 1. The van der Waals surface area contributed by atoms with Gasteiger partial charge in [0, 0.05) is 12.1 Å². The molecule has 1 aromatic heterocycles. The summed E-state index contributed by atoms with van der Waals surface area (Å²) in [4.78, 5) is 0. The molecule has 0 aromatic carbocycles. The van der Waals surface area contributed by atoms with Crippen LogP contribution in [0.25, 0.3) is 0 Å². The monoisotopic (exact) mass is 297 g/mol.